The minimum Gasteiger partial charge on any atom is -0.335 e. The van der Waals surface area contributed by atoms with E-state index in [1.165, 1.54) is 18.0 Å². The molecular weight excluding hydrogens is 388 g/mol. The van der Waals surface area contributed by atoms with Gasteiger partial charge in [-0.25, -0.2) is 4.68 Å². The van der Waals surface area contributed by atoms with Crippen molar-refractivity contribution in [1.82, 2.24) is 14.7 Å². The van der Waals surface area contributed by atoms with E-state index in [4.69, 9.17) is 0 Å². The molecule has 1 aromatic carbocycles. The van der Waals surface area contributed by atoms with Crippen LogP contribution in [0.2, 0.25) is 0 Å². The normalized spacial score (nSPS) is 10.6. The van der Waals surface area contributed by atoms with Crippen LogP contribution in [0.3, 0.4) is 0 Å². The molecule has 0 saturated carbocycles. The highest BCUT2D eigenvalue weighted by molar-refractivity contribution is 7.15. The van der Waals surface area contributed by atoms with Crippen LogP contribution in [0.15, 0.2) is 53.3 Å². The summed E-state index contributed by atoms with van der Waals surface area (Å²) in [5.41, 5.74) is 2.02. The number of nitrogens with zero attached hydrogens (tertiary/aromatic N) is 3. The number of likely N-dealkylation sites (N-methyl/N-ethyl adjacent to an activating group) is 1. The molecule has 3 aromatic rings. The van der Waals surface area contributed by atoms with Crippen molar-refractivity contribution in [1.29, 1.82) is 0 Å². The molecule has 29 heavy (non-hydrogen) atoms. The first-order chi connectivity index (χ1) is 13.8. The summed E-state index contributed by atoms with van der Waals surface area (Å²) in [6.45, 7) is 3.60. The SMILES string of the molecule is Cc1ccc(NC(=O)CN(C)C(=O)Cn2nc(-c3ccc(C)s3)ccc2=O)cc1. The second kappa shape index (κ2) is 8.83. The van der Waals surface area contributed by atoms with E-state index in [-0.39, 0.29) is 30.5 Å². The van der Waals surface area contributed by atoms with E-state index in [1.54, 1.807) is 29.5 Å². The summed E-state index contributed by atoms with van der Waals surface area (Å²) in [6, 6.07) is 14.3. The second-order valence-electron chi connectivity index (χ2n) is 6.79. The van der Waals surface area contributed by atoms with Gasteiger partial charge in [-0.2, -0.15) is 5.10 Å². The highest BCUT2D eigenvalue weighted by Gasteiger charge is 2.15. The van der Waals surface area contributed by atoms with Gasteiger partial charge in [0.15, 0.2) is 0 Å². The Morgan fingerprint density at radius 1 is 1.07 bits per heavy atom. The van der Waals surface area contributed by atoms with Gasteiger partial charge in [-0.15, -0.1) is 11.3 Å². The number of anilines is 1. The molecule has 0 bridgehead atoms. The van der Waals surface area contributed by atoms with Gasteiger partial charge in [-0.3, -0.25) is 14.4 Å². The molecule has 0 spiro atoms. The fraction of sp³-hybridized carbons (Fsp3) is 0.238. The zero-order valence-electron chi connectivity index (χ0n) is 16.5. The zero-order valence-corrected chi connectivity index (χ0v) is 17.3. The van der Waals surface area contributed by atoms with E-state index in [1.807, 2.05) is 38.1 Å². The topological polar surface area (TPSA) is 84.3 Å². The zero-order chi connectivity index (χ0) is 21.0. The third kappa shape index (κ3) is 5.39. The Bertz CT molecular complexity index is 1090. The Morgan fingerprint density at radius 2 is 1.79 bits per heavy atom. The molecule has 0 saturated heterocycles. The van der Waals surface area contributed by atoms with Crippen molar-refractivity contribution in [2.24, 2.45) is 0 Å². The molecule has 0 radical (unpaired) electrons. The summed E-state index contributed by atoms with van der Waals surface area (Å²) in [6.07, 6.45) is 0. The molecule has 0 aliphatic carbocycles. The van der Waals surface area contributed by atoms with Crippen LogP contribution in [-0.4, -0.2) is 40.1 Å². The average Bonchev–Trinajstić information content (AvgIpc) is 3.11. The minimum absolute atomic E-state index is 0.120. The summed E-state index contributed by atoms with van der Waals surface area (Å²) in [5, 5.41) is 7.05. The van der Waals surface area contributed by atoms with E-state index in [0.29, 0.717) is 11.4 Å². The van der Waals surface area contributed by atoms with Gasteiger partial charge in [0.2, 0.25) is 11.8 Å². The number of benzene rings is 1. The van der Waals surface area contributed by atoms with Crippen LogP contribution in [0.1, 0.15) is 10.4 Å². The van der Waals surface area contributed by atoms with Crippen LogP contribution in [0.4, 0.5) is 5.69 Å². The van der Waals surface area contributed by atoms with Crippen LogP contribution in [0.25, 0.3) is 10.6 Å². The van der Waals surface area contributed by atoms with Gasteiger partial charge in [0.05, 0.1) is 11.4 Å². The molecule has 2 amide bonds. The summed E-state index contributed by atoms with van der Waals surface area (Å²) >= 11 is 1.56. The van der Waals surface area contributed by atoms with Gasteiger partial charge in [0, 0.05) is 23.7 Å². The molecule has 2 aromatic heterocycles. The van der Waals surface area contributed by atoms with Gasteiger partial charge in [0.1, 0.15) is 12.2 Å². The third-order valence-corrected chi connectivity index (χ3v) is 5.31. The Kier molecular flexibility index (Phi) is 6.23. The quantitative estimate of drug-likeness (QED) is 0.677. The number of aromatic nitrogens is 2. The molecule has 150 valence electrons. The number of amides is 2. The van der Waals surface area contributed by atoms with Crippen molar-refractivity contribution in [3.05, 3.63) is 69.3 Å². The molecule has 1 N–H and O–H groups in total. The predicted molar refractivity (Wildman–Crippen MR) is 114 cm³/mol. The first-order valence-electron chi connectivity index (χ1n) is 9.07. The fourth-order valence-corrected chi connectivity index (χ4v) is 3.49. The lowest BCUT2D eigenvalue weighted by atomic mass is 10.2. The van der Waals surface area contributed by atoms with Crippen molar-refractivity contribution in [2.75, 3.05) is 18.9 Å². The Hall–Kier alpha value is -3.26. The van der Waals surface area contributed by atoms with Gasteiger partial charge in [-0.05, 0) is 44.2 Å². The van der Waals surface area contributed by atoms with Crippen molar-refractivity contribution >= 4 is 28.8 Å². The summed E-state index contributed by atoms with van der Waals surface area (Å²) < 4.78 is 1.13. The summed E-state index contributed by atoms with van der Waals surface area (Å²) in [7, 11) is 1.52. The number of thiophene rings is 1. The molecule has 0 fully saturated rings. The van der Waals surface area contributed by atoms with E-state index in [0.717, 1.165) is 20.0 Å². The molecule has 2 heterocycles. The van der Waals surface area contributed by atoms with Crippen molar-refractivity contribution in [2.45, 2.75) is 20.4 Å². The smallest absolute Gasteiger partial charge is 0.267 e. The van der Waals surface area contributed by atoms with Gasteiger partial charge >= 0.3 is 0 Å². The average molecular weight is 410 g/mol. The van der Waals surface area contributed by atoms with Crippen LogP contribution in [-0.2, 0) is 16.1 Å². The Morgan fingerprint density at radius 3 is 2.45 bits per heavy atom. The number of hydrogen-bond acceptors (Lipinski definition) is 5. The largest absolute Gasteiger partial charge is 0.335 e. The molecule has 7 nitrogen and oxygen atoms in total. The highest BCUT2D eigenvalue weighted by atomic mass is 32.1. The summed E-state index contributed by atoms with van der Waals surface area (Å²) in [4.78, 5) is 40.1. The summed E-state index contributed by atoms with van der Waals surface area (Å²) in [5.74, 6) is -0.689. The third-order valence-electron chi connectivity index (χ3n) is 4.29. The highest BCUT2D eigenvalue weighted by Crippen LogP contribution is 2.24. The van der Waals surface area contributed by atoms with Gasteiger partial charge < -0.3 is 10.2 Å². The lowest BCUT2D eigenvalue weighted by molar-refractivity contribution is -0.134. The lowest BCUT2D eigenvalue weighted by Crippen LogP contribution is -2.39. The van der Waals surface area contributed by atoms with Gasteiger partial charge in [0.25, 0.3) is 5.56 Å². The number of carbonyl (C=O) groups excluding carboxylic acids is 2. The molecule has 0 atom stereocenters. The predicted octanol–water partition coefficient (Wildman–Crippen LogP) is 2.69. The number of hydrogen-bond donors (Lipinski definition) is 1. The number of carbonyl (C=O) groups is 2. The van der Waals surface area contributed by atoms with E-state index >= 15 is 0 Å². The maximum Gasteiger partial charge on any atom is 0.267 e. The fourth-order valence-electron chi connectivity index (χ4n) is 2.66. The molecule has 3 rings (SSSR count). The molecule has 0 aliphatic heterocycles. The lowest BCUT2D eigenvalue weighted by Gasteiger charge is -2.17. The van der Waals surface area contributed by atoms with Crippen LogP contribution in [0, 0.1) is 13.8 Å². The first-order valence-corrected chi connectivity index (χ1v) is 9.89. The number of nitrogens with one attached hydrogen (secondary N) is 1. The molecule has 0 aliphatic rings. The van der Waals surface area contributed by atoms with Crippen LogP contribution >= 0.6 is 11.3 Å². The molecule has 0 unspecified atom stereocenters. The Balaban J connectivity index is 1.63. The van der Waals surface area contributed by atoms with Crippen molar-refractivity contribution < 1.29 is 9.59 Å². The molecule has 8 heteroatoms. The molecular formula is C21H22N4O3S. The first kappa shape index (κ1) is 20.5. The standard InChI is InChI=1S/C21H22N4O3S/c1-14-4-7-16(8-5-14)22-19(26)12-24(3)21(28)13-25-20(27)11-9-17(23-25)18-10-6-15(2)29-18/h4-11H,12-13H2,1-3H3,(H,22,26). The monoisotopic (exact) mass is 410 g/mol. The van der Waals surface area contributed by atoms with Gasteiger partial charge in [-0.1, -0.05) is 17.7 Å². The van der Waals surface area contributed by atoms with Crippen molar-refractivity contribution in [3.63, 3.8) is 0 Å². The minimum atomic E-state index is -0.377. The van der Waals surface area contributed by atoms with Crippen molar-refractivity contribution in [3.8, 4) is 10.6 Å². The van der Waals surface area contributed by atoms with E-state index in [2.05, 4.69) is 10.4 Å². The van der Waals surface area contributed by atoms with Crippen LogP contribution < -0.4 is 10.9 Å². The number of aryl methyl sites for hydroxylation is 2. The van der Waals surface area contributed by atoms with E-state index < -0.39 is 0 Å². The Labute approximate surface area is 172 Å². The maximum atomic E-state index is 12.5. The number of rotatable bonds is 6. The van der Waals surface area contributed by atoms with Crippen LogP contribution in [0.5, 0.6) is 0 Å². The maximum absolute atomic E-state index is 12.5. The second-order valence-corrected chi connectivity index (χ2v) is 8.08. The van der Waals surface area contributed by atoms with E-state index in [9.17, 15) is 14.4 Å².